The third-order valence-corrected chi connectivity index (χ3v) is 3.88. The van der Waals surface area contributed by atoms with Gasteiger partial charge in [0.1, 0.15) is 0 Å². The second-order valence-electron chi connectivity index (χ2n) is 5.91. The number of para-hydroxylation sites is 1. The smallest absolute Gasteiger partial charge is 0.191 e. The van der Waals surface area contributed by atoms with E-state index >= 15 is 0 Å². The molecule has 2 N–H and O–H groups in total. The first-order chi connectivity index (χ1) is 12.3. The van der Waals surface area contributed by atoms with Crippen LogP contribution in [0.15, 0.2) is 59.7 Å². The Hall–Kier alpha value is -1.83. The van der Waals surface area contributed by atoms with Crippen molar-refractivity contribution in [3.8, 4) is 0 Å². The Morgan fingerprint density at radius 1 is 1.04 bits per heavy atom. The van der Waals surface area contributed by atoms with Gasteiger partial charge in [0.2, 0.25) is 0 Å². The lowest BCUT2D eigenvalue weighted by atomic mass is 10.2. The summed E-state index contributed by atoms with van der Waals surface area (Å²) in [5, 5.41) is 6.68. The normalized spacial score (nSPS) is 10.8. The number of hydrogen-bond donors (Lipinski definition) is 2. The van der Waals surface area contributed by atoms with E-state index in [-0.39, 0.29) is 24.0 Å². The Kier molecular flexibility index (Phi) is 11.4. The van der Waals surface area contributed by atoms with Gasteiger partial charge in [0, 0.05) is 38.6 Å². The molecule has 0 radical (unpaired) electrons. The van der Waals surface area contributed by atoms with Crippen molar-refractivity contribution in [1.29, 1.82) is 0 Å². The summed E-state index contributed by atoms with van der Waals surface area (Å²) in [6, 6.07) is 16.4. The minimum absolute atomic E-state index is 0. The summed E-state index contributed by atoms with van der Waals surface area (Å²) in [4.78, 5) is 11.2. The lowest BCUT2D eigenvalue weighted by Gasteiger charge is -2.19. The molecule has 26 heavy (non-hydrogen) atoms. The number of hydrogen-bond acceptors (Lipinski definition) is 3. The average Bonchev–Trinajstić information content (AvgIpc) is 2.67. The number of unbranched alkanes of at least 4 members (excludes halogenated alkanes) is 1. The van der Waals surface area contributed by atoms with Crippen LogP contribution in [-0.2, 0) is 6.54 Å². The maximum Gasteiger partial charge on any atom is 0.191 e. The van der Waals surface area contributed by atoms with Crippen LogP contribution in [0.2, 0.25) is 0 Å². The van der Waals surface area contributed by atoms with Gasteiger partial charge in [-0.1, -0.05) is 24.3 Å². The minimum Gasteiger partial charge on any atom is -0.375 e. The fraction of sp³-hybridized carbons (Fsp3) is 0.400. The molecule has 1 heterocycles. The summed E-state index contributed by atoms with van der Waals surface area (Å²) in [7, 11) is 2.14. The highest BCUT2D eigenvalue weighted by atomic mass is 127. The molecule has 2 aromatic rings. The van der Waals surface area contributed by atoms with E-state index in [9.17, 15) is 0 Å². The molecule has 2 rings (SSSR count). The van der Waals surface area contributed by atoms with Crippen LogP contribution in [0.3, 0.4) is 0 Å². The Morgan fingerprint density at radius 2 is 1.81 bits per heavy atom. The number of benzene rings is 1. The summed E-state index contributed by atoms with van der Waals surface area (Å²) >= 11 is 0. The van der Waals surface area contributed by atoms with Crippen LogP contribution >= 0.6 is 24.0 Å². The number of aliphatic imine (C=N–C) groups is 1. The number of guanidine groups is 1. The predicted octanol–water partition coefficient (Wildman–Crippen LogP) is 3.67. The van der Waals surface area contributed by atoms with Crippen LogP contribution in [0.5, 0.6) is 0 Å². The number of pyridine rings is 1. The van der Waals surface area contributed by atoms with Crippen molar-refractivity contribution >= 4 is 35.6 Å². The maximum atomic E-state index is 4.59. The van der Waals surface area contributed by atoms with E-state index < -0.39 is 0 Å². The summed E-state index contributed by atoms with van der Waals surface area (Å²) in [6.07, 6.45) is 4.04. The number of rotatable bonds is 9. The van der Waals surface area contributed by atoms with E-state index in [4.69, 9.17) is 0 Å². The van der Waals surface area contributed by atoms with Crippen molar-refractivity contribution in [2.45, 2.75) is 26.3 Å². The largest absolute Gasteiger partial charge is 0.375 e. The van der Waals surface area contributed by atoms with Crippen molar-refractivity contribution in [1.82, 2.24) is 15.6 Å². The zero-order valence-corrected chi connectivity index (χ0v) is 18.0. The van der Waals surface area contributed by atoms with Crippen LogP contribution in [0.4, 0.5) is 5.69 Å². The number of nitrogens with zero attached hydrogens (tertiary/aromatic N) is 3. The van der Waals surface area contributed by atoms with Gasteiger partial charge in [-0.15, -0.1) is 24.0 Å². The molecule has 0 fully saturated rings. The highest BCUT2D eigenvalue weighted by Crippen LogP contribution is 2.11. The van der Waals surface area contributed by atoms with Gasteiger partial charge in [-0.2, -0.15) is 0 Å². The van der Waals surface area contributed by atoms with E-state index in [0.717, 1.165) is 44.1 Å². The van der Waals surface area contributed by atoms with E-state index in [2.05, 4.69) is 63.7 Å². The fourth-order valence-corrected chi connectivity index (χ4v) is 2.49. The third kappa shape index (κ3) is 8.51. The first-order valence-electron chi connectivity index (χ1n) is 8.98. The van der Waals surface area contributed by atoms with Crippen molar-refractivity contribution in [3.63, 3.8) is 0 Å². The number of halogens is 1. The van der Waals surface area contributed by atoms with Gasteiger partial charge in [0.25, 0.3) is 0 Å². The van der Waals surface area contributed by atoms with Crippen LogP contribution in [0.1, 0.15) is 25.5 Å². The number of nitrogens with one attached hydrogen (secondary N) is 2. The third-order valence-electron chi connectivity index (χ3n) is 3.88. The zero-order chi connectivity index (χ0) is 17.7. The Bertz CT molecular complexity index is 619. The molecule has 0 amide bonds. The van der Waals surface area contributed by atoms with Gasteiger partial charge >= 0.3 is 0 Å². The molecule has 6 heteroatoms. The molecule has 1 aromatic carbocycles. The predicted molar refractivity (Wildman–Crippen MR) is 121 cm³/mol. The van der Waals surface area contributed by atoms with Gasteiger partial charge in [-0.05, 0) is 44.0 Å². The molecule has 0 saturated carbocycles. The Labute approximate surface area is 174 Å². The summed E-state index contributed by atoms with van der Waals surface area (Å²) in [6.45, 7) is 5.48. The molecule has 0 aliphatic rings. The second-order valence-corrected chi connectivity index (χ2v) is 5.91. The van der Waals surface area contributed by atoms with Crippen molar-refractivity contribution in [2.24, 2.45) is 4.99 Å². The highest BCUT2D eigenvalue weighted by molar-refractivity contribution is 14.0. The molecular weight excluding hydrogens is 437 g/mol. The molecule has 142 valence electrons. The van der Waals surface area contributed by atoms with Gasteiger partial charge in [0.15, 0.2) is 5.96 Å². The molecule has 0 atom stereocenters. The monoisotopic (exact) mass is 467 g/mol. The standard InChI is InChI=1S/C20H29N5.HI/c1-3-21-20(24-17-18-11-7-8-14-22-18)23-15-9-10-16-25(2)19-12-5-4-6-13-19;/h4-8,11-14H,3,9-10,15-17H2,1-2H3,(H2,21,23,24);1H. The van der Waals surface area contributed by atoms with Crippen molar-refractivity contribution in [2.75, 3.05) is 31.6 Å². The number of aromatic nitrogens is 1. The topological polar surface area (TPSA) is 52.6 Å². The molecule has 0 aliphatic heterocycles. The second kappa shape index (κ2) is 13.4. The van der Waals surface area contributed by atoms with E-state index in [1.165, 1.54) is 5.69 Å². The Balaban J connectivity index is 0.00000338. The highest BCUT2D eigenvalue weighted by Gasteiger charge is 2.01. The van der Waals surface area contributed by atoms with E-state index in [1.807, 2.05) is 24.3 Å². The summed E-state index contributed by atoms with van der Waals surface area (Å²) in [5.74, 6) is 0.851. The molecular formula is C20H30IN5. The molecule has 5 nitrogen and oxygen atoms in total. The minimum atomic E-state index is 0. The van der Waals surface area contributed by atoms with Crippen LogP contribution in [-0.4, -0.2) is 37.6 Å². The van der Waals surface area contributed by atoms with E-state index in [1.54, 1.807) is 6.20 Å². The van der Waals surface area contributed by atoms with Crippen LogP contribution in [0.25, 0.3) is 0 Å². The van der Waals surface area contributed by atoms with Crippen LogP contribution < -0.4 is 15.5 Å². The van der Waals surface area contributed by atoms with Gasteiger partial charge in [-0.25, -0.2) is 4.99 Å². The molecule has 0 saturated heterocycles. The lowest BCUT2D eigenvalue weighted by molar-refractivity contribution is 0.686. The van der Waals surface area contributed by atoms with E-state index in [0.29, 0.717) is 6.54 Å². The first kappa shape index (κ1) is 22.2. The molecule has 1 aromatic heterocycles. The molecule has 0 aliphatic carbocycles. The molecule has 0 bridgehead atoms. The van der Waals surface area contributed by atoms with Gasteiger partial charge < -0.3 is 15.5 Å². The molecule has 0 spiro atoms. The van der Waals surface area contributed by atoms with Gasteiger partial charge in [0.05, 0.1) is 12.2 Å². The number of anilines is 1. The lowest BCUT2D eigenvalue weighted by Crippen LogP contribution is -2.38. The SMILES string of the molecule is CCNC(=NCc1ccccn1)NCCCCN(C)c1ccccc1.I. The van der Waals surface area contributed by atoms with Crippen molar-refractivity contribution < 1.29 is 0 Å². The zero-order valence-electron chi connectivity index (χ0n) is 15.7. The molecule has 0 unspecified atom stereocenters. The van der Waals surface area contributed by atoms with Crippen LogP contribution in [0, 0.1) is 0 Å². The summed E-state index contributed by atoms with van der Waals surface area (Å²) < 4.78 is 0. The average molecular weight is 467 g/mol. The van der Waals surface area contributed by atoms with Crippen molar-refractivity contribution in [3.05, 3.63) is 60.4 Å². The Morgan fingerprint density at radius 3 is 2.50 bits per heavy atom. The fourth-order valence-electron chi connectivity index (χ4n) is 2.49. The van der Waals surface area contributed by atoms with Gasteiger partial charge in [-0.3, -0.25) is 4.98 Å². The summed E-state index contributed by atoms with van der Waals surface area (Å²) in [5.41, 5.74) is 2.24. The first-order valence-corrected chi connectivity index (χ1v) is 8.98. The maximum absolute atomic E-state index is 4.59. The quantitative estimate of drug-likeness (QED) is 0.256.